The second kappa shape index (κ2) is 5.98. The van der Waals surface area contributed by atoms with Gasteiger partial charge in [0.05, 0.1) is 24.5 Å². The van der Waals surface area contributed by atoms with Crippen molar-refractivity contribution in [1.29, 1.82) is 0 Å². The Morgan fingerprint density at radius 3 is 2.59 bits per heavy atom. The van der Waals surface area contributed by atoms with E-state index >= 15 is 0 Å². The fourth-order valence-corrected chi connectivity index (χ4v) is 4.59. The predicted octanol–water partition coefficient (Wildman–Crippen LogP) is 3.12. The Hall–Kier alpha value is -3.08. The molecule has 0 radical (unpaired) electrons. The fourth-order valence-electron chi connectivity index (χ4n) is 4.59. The first-order valence-electron chi connectivity index (χ1n) is 9.26. The van der Waals surface area contributed by atoms with E-state index in [4.69, 9.17) is 4.74 Å². The molecule has 0 spiro atoms. The van der Waals surface area contributed by atoms with Crippen LogP contribution in [0.5, 0.6) is 5.75 Å². The summed E-state index contributed by atoms with van der Waals surface area (Å²) < 4.78 is 7.46. The van der Waals surface area contributed by atoms with Crippen LogP contribution < -0.4 is 10.1 Å². The van der Waals surface area contributed by atoms with E-state index in [1.165, 1.54) is 11.1 Å². The van der Waals surface area contributed by atoms with Crippen molar-refractivity contribution >= 4 is 22.7 Å². The number of amides is 2. The van der Waals surface area contributed by atoms with E-state index in [0.717, 1.165) is 41.6 Å². The van der Waals surface area contributed by atoms with E-state index < -0.39 is 11.8 Å². The zero-order valence-corrected chi connectivity index (χ0v) is 15.1. The number of aryl methyl sites for hydroxylation is 2. The van der Waals surface area contributed by atoms with Crippen LogP contribution in [-0.4, -0.2) is 23.5 Å². The highest BCUT2D eigenvalue weighted by Crippen LogP contribution is 2.42. The van der Waals surface area contributed by atoms with Crippen LogP contribution in [0.4, 0.5) is 0 Å². The van der Waals surface area contributed by atoms with Gasteiger partial charge >= 0.3 is 0 Å². The number of rotatable bonds is 3. The molecule has 136 valence electrons. The second-order valence-electron chi connectivity index (χ2n) is 7.28. The normalized spacial score (nSPS) is 21.5. The second-order valence-corrected chi connectivity index (χ2v) is 7.28. The Bertz CT molecular complexity index is 1070. The number of hydrogen-bond acceptors (Lipinski definition) is 3. The summed E-state index contributed by atoms with van der Waals surface area (Å²) in [5.41, 5.74) is 4.30. The Morgan fingerprint density at radius 1 is 1.04 bits per heavy atom. The summed E-state index contributed by atoms with van der Waals surface area (Å²) >= 11 is 0. The Morgan fingerprint density at radius 2 is 1.81 bits per heavy atom. The lowest BCUT2D eigenvalue weighted by Gasteiger charge is -2.16. The summed E-state index contributed by atoms with van der Waals surface area (Å²) in [5, 5.41) is 3.63. The first kappa shape index (κ1) is 16.1. The first-order valence-corrected chi connectivity index (χ1v) is 9.26. The van der Waals surface area contributed by atoms with Gasteiger partial charge < -0.3 is 9.30 Å². The minimum absolute atomic E-state index is 0.218. The number of methoxy groups -OCH3 is 1. The summed E-state index contributed by atoms with van der Waals surface area (Å²) in [5.74, 6) is -0.756. The van der Waals surface area contributed by atoms with Crippen molar-refractivity contribution in [2.24, 2.45) is 0 Å². The van der Waals surface area contributed by atoms with E-state index in [1.807, 2.05) is 30.3 Å². The van der Waals surface area contributed by atoms with Crippen molar-refractivity contribution in [3.63, 3.8) is 0 Å². The number of benzene rings is 2. The van der Waals surface area contributed by atoms with E-state index in [-0.39, 0.29) is 11.8 Å². The summed E-state index contributed by atoms with van der Waals surface area (Å²) in [4.78, 5) is 25.4. The van der Waals surface area contributed by atoms with E-state index in [1.54, 1.807) is 7.11 Å². The molecule has 2 aliphatic heterocycles. The molecule has 2 atom stereocenters. The van der Waals surface area contributed by atoms with E-state index in [9.17, 15) is 9.59 Å². The maximum Gasteiger partial charge on any atom is 0.235 e. The molecule has 5 nitrogen and oxygen atoms in total. The van der Waals surface area contributed by atoms with Crippen LogP contribution in [-0.2, 0) is 22.6 Å². The van der Waals surface area contributed by atoms with Gasteiger partial charge in [-0.1, -0.05) is 30.3 Å². The van der Waals surface area contributed by atoms with Crippen LogP contribution >= 0.6 is 0 Å². The number of hydrogen-bond donors (Lipinski definition) is 1. The summed E-state index contributed by atoms with van der Waals surface area (Å²) in [6, 6.07) is 13.7. The van der Waals surface area contributed by atoms with Crippen LogP contribution in [0.2, 0.25) is 0 Å². The number of nitrogens with one attached hydrogen (secondary N) is 1. The Labute approximate surface area is 156 Å². The highest BCUT2D eigenvalue weighted by Gasteiger charge is 2.44. The van der Waals surface area contributed by atoms with Gasteiger partial charge in [0.2, 0.25) is 11.8 Å². The average Bonchev–Trinajstić information content (AvgIpc) is 3.20. The monoisotopic (exact) mass is 360 g/mol. The highest BCUT2D eigenvalue weighted by molar-refractivity contribution is 6.12. The molecule has 2 aliphatic rings. The maximum absolute atomic E-state index is 12.8. The van der Waals surface area contributed by atoms with Gasteiger partial charge in [0.25, 0.3) is 0 Å². The summed E-state index contributed by atoms with van der Waals surface area (Å²) in [7, 11) is 1.61. The molecule has 1 saturated heterocycles. The van der Waals surface area contributed by atoms with Gasteiger partial charge in [-0.3, -0.25) is 14.9 Å². The fraction of sp³-hybridized carbons (Fsp3) is 0.273. The number of ether oxygens (including phenoxy) is 1. The molecule has 5 rings (SSSR count). The topological polar surface area (TPSA) is 60.3 Å². The molecule has 2 amide bonds. The van der Waals surface area contributed by atoms with Gasteiger partial charge in [-0.05, 0) is 41.7 Å². The number of aromatic nitrogens is 1. The standard InChI is InChI=1S/C22H20N2O3/c1-27-15-9-7-13(8-10-15)18-19(22(26)23-21(18)25)17-12-24-11-3-5-14-4-2-6-16(17)20(14)24/h2,4,6-10,12,18-19H,3,5,11H2,1H3,(H,23,25,26)/t18-,19+/m1/s1. The molecule has 5 heteroatoms. The number of para-hydroxylation sites is 1. The molecule has 27 heavy (non-hydrogen) atoms. The zero-order chi connectivity index (χ0) is 18.5. The molecule has 3 heterocycles. The van der Waals surface area contributed by atoms with Crippen LogP contribution in [0.3, 0.4) is 0 Å². The van der Waals surface area contributed by atoms with Gasteiger partial charge in [0.15, 0.2) is 0 Å². The average molecular weight is 360 g/mol. The molecule has 3 aromatic rings. The molecule has 0 bridgehead atoms. The minimum Gasteiger partial charge on any atom is -0.497 e. The van der Waals surface area contributed by atoms with E-state index in [2.05, 4.69) is 28.2 Å². The Balaban J connectivity index is 1.66. The molecule has 1 N–H and O–H groups in total. The molecule has 0 aliphatic carbocycles. The molecule has 0 saturated carbocycles. The summed E-state index contributed by atoms with van der Waals surface area (Å²) in [6.07, 6.45) is 4.23. The van der Waals surface area contributed by atoms with Crippen molar-refractivity contribution in [2.75, 3.05) is 7.11 Å². The largest absolute Gasteiger partial charge is 0.497 e. The lowest BCUT2D eigenvalue weighted by molar-refractivity contribution is -0.125. The molecular formula is C22H20N2O3. The van der Waals surface area contributed by atoms with Gasteiger partial charge in [0.1, 0.15) is 5.75 Å². The van der Waals surface area contributed by atoms with Crippen molar-refractivity contribution in [3.8, 4) is 5.75 Å². The molecule has 0 unspecified atom stereocenters. The number of carbonyl (C=O) groups excluding carboxylic acids is 2. The third-order valence-electron chi connectivity index (χ3n) is 5.81. The molecule has 1 fully saturated rings. The predicted molar refractivity (Wildman–Crippen MR) is 102 cm³/mol. The maximum atomic E-state index is 12.8. The van der Waals surface area contributed by atoms with Crippen LogP contribution in [0.25, 0.3) is 10.9 Å². The molecule has 1 aromatic heterocycles. The number of imide groups is 1. The molecular weight excluding hydrogens is 340 g/mol. The zero-order valence-electron chi connectivity index (χ0n) is 15.1. The minimum atomic E-state index is -0.521. The van der Waals surface area contributed by atoms with Crippen molar-refractivity contribution in [2.45, 2.75) is 31.2 Å². The Kier molecular flexibility index (Phi) is 3.57. The van der Waals surface area contributed by atoms with Crippen LogP contribution in [0.15, 0.2) is 48.7 Å². The van der Waals surface area contributed by atoms with Crippen molar-refractivity contribution in [1.82, 2.24) is 9.88 Å². The summed E-state index contributed by atoms with van der Waals surface area (Å²) in [6.45, 7) is 0.947. The highest BCUT2D eigenvalue weighted by atomic mass is 16.5. The van der Waals surface area contributed by atoms with Crippen molar-refractivity contribution in [3.05, 3.63) is 65.4 Å². The quantitative estimate of drug-likeness (QED) is 0.730. The van der Waals surface area contributed by atoms with Gasteiger partial charge in [-0.2, -0.15) is 0 Å². The third-order valence-corrected chi connectivity index (χ3v) is 5.81. The van der Waals surface area contributed by atoms with E-state index in [0.29, 0.717) is 0 Å². The van der Waals surface area contributed by atoms with Crippen LogP contribution in [0, 0.1) is 0 Å². The van der Waals surface area contributed by atoms with Gasteiger partial charge in [-0.15, -0.1) is 0 Å². The molecule has 2 aromatic carbocycles. The lowest BCUT2D eigenvalue weighted by Crippen LogP contribution is -2.21. The number of carbonyl (C=O) groups is 2. The van der Waals surface area contributed by atoms with Crippen LogP contribution in [0.1, 0.15) is 34.9 Å². The third kappa shape index (κ3) is 2.38. The lowest BCUT2D eigenvalue weighted by atomic mass is 9.83. The number of nitrogens with zero attached hydrogens (tertiary/aromatic N) is 1. The SMILES string of the molecule is COc1ccc([C@H]2C(=O)NC(=O)[C@H]2c2cn3c4c(cccc24)CCC3)cc1. The first-order chi connectivity index (χ1) is 13.2. The van der Waals surface area contributed by atoms with Gasteiger partial charge in [0, 0.05) is 18.1 Å². The smallest absolute Gasteiger partial charge is 0.235 e. The van der Waals surface area contributed by atoms with Crippen molar-refractivity contribution < 1.29 is 14.3 Å². The van der Waals surface area contributed by atoms with Gasteiger partial charge in [-0.25, -0.2) is 0 Å².